The normalized spacial score (nSPS) is 18.5. The fraction of sp³-hybridized carbons (Fsp3) is 0.385. The highest BCUT2D eigenvalue weighted by molar-refractivity contribution is 6.20. The van der Waals surface area contributed by atoms with Crippen molar-refractivity contribution in [2.45, 2.75) is 6.42 Å². The van der Waals surface area contributed by atoms with Gasteiger partial charge in [0.15, 0.2) is 0 Å². The second-order valence-electron chi connectivity index (χ2n) is 4.69. The number of hydrogen-bond donors (Lipinski definition) is 2. The van der Waals surface area contributed by atoms with Crippen molar-refractivity contribution in [3.05, 3.63) is 23.8 Å². The maximum Gasteiger partial charge on any atom is 0.239 e. The van der Waals surface area contributed by atoms with Crippen molar-refractivity contribution in [2.24, 2.45) is 5.92 Å². The topological polar surface area (TPSA) is 61.4 Å². The molecule has 2 amide bonds. The van der Waals surface area contributed by atoms with Gasteiger partial charge in [-0.05, 0) is 23.8 Å². The third kappa shape index (κ3) is 1.59. The lowest BCUT2D eigenvalue weighted by Crippen LogP contribution is -2.52. The SMILES string of the molecule is CNc1ccc2c(c1)CC(=O)N2C(=O)C1CNC1. The molecule has 0 aliphatic carbocycles. The van der Waals surface area contributed by atoms with Gasteiger partial charge in [0.2, 0.25) is 11.8 Å². The maximum atomic E-state index is 12.2. The number of carbonyl (C=O) groups excluding carboxylic acids is 2. The van der Waals surface area contributed by atoms with Crippen LogP contribution in [0.4, 0.5) is 11.4 Å². The minimum Gasteiger partial charge on any atom is -0.388 e. The van der Waals surface area contributed by atoms with Crippen LogP contribution in [0.2, 0.25) is 0 Å². The molecule has 0 spiro atoms. The van der Waals surface area contributed by atoms with E-state index in [0.29, 0.717) is 19.5 Å². The molecule has 0 unspecified atom stereocenters. The Labute approximate surface area is 105 Å². The first-order chi connectivity index (χ1) is 8.70. The number of nitrogens with zero attached hydrogens (tertiary/aromatic N) is 1. The van der Waals surface area contributed by atoms with Crippen LogP contribution in [0.25, 0.3) is 0 Å². The van der Waals surface area contributed by atoms with Crippen molar-refractivity contribution in [3.63, 3.8) is 0 Å². The summed E-state index contributed by atoms with van der Waals surface area (Å²) in [6, 6.07) is 5.66. The van der Waals surface area contributed by atoms with Crippen molar-refractivity contribution >= 4 is 23.2 Å². The number of nitrogens with one attached hydrogen (secondary N) is 2. The van der Waals surface area contributed by atoms with Gasteiger partial charge in [-0.3, -0.25) is 9.59 Å². The molecule has 0 saturated carbocycles. The summed E-state index contributed by atoms with van der Waals surface area (Å²) < 4.78 is 0. The summed E-state index contributed by atoms with van der Waals surface area (Å²) in [6.45, 7) is 1.35. The van der Waals surface area contributed by atoms with E-state index < -0.39 is 0 Å². The number of anilines is 2. The van der Waals surface area contributed by atoms with Gasteiger partial charge in [-0.15, -0.1) is 0 Å². The number of hydrogen-bond acceptors (Lipinski definition) is 4. The van der Waals surface area contributed by atoms with Crippen molar-refractivity contribution in [3.8, 4) is 0 Å². The molecule has 2 N–H and O–H groups in total. The molecule has 0 atom stereocenters. The van der Waals surface area contributed by atoms with E-state index in [-0.39, 0.29) is 17.7 Å². The van der Waals surface area contributed by atoms with Crippen molar-refractivity contribution in [1.29, 1.82) is 0 Å². The van der Waals surface area contributed by atoms with Crippen LogP contribution >= 0.6 is 0 Å². The first-order valence-corrected chi connectivity index (χ1v) is 6.09. The zero-order valence-corrected chi connectivity index (χ0v) is 10.2. The number of fused-ring (bicyclic) bond motifs is 1. The molecular weight excluding hydrogens is 230 g/mol. The molecule has 3 rings (SSSR count). The number of imide groups is 1. The van der Waals surface area contributed by atoms with Gasteiger partial charge in [-0.25, -0.2) is 4.90 Å². The molecule has 0 radical (unpaired) electrons. The van der Waals surface area contributed by atoms with E-state index in [1.165, 1.54) is 4.90 Å². The second-order valence-corrected chi connectivity index (χ2v) is 4.69. The van der Waals surface area contributed by atoms with Crippen LogP contribution in [-0.2, 0) is 16.0 Å². The lowest BCUT2D eigenvalue weighted by molar-refractivity contribution is -0.129. The van der Waals surface area contributed by atoms with Crippen LogP contribution in [0.1, 0.15) is 5.56 Å². The monoisotopic (exact) mass is 245 g/mol. The summed E-state index contributed by atoms with van der Waals surface area (Å²) in [4.78, 5) is 25.5. The largest absolute Gasteiger partial charge is 0.388 e. The molecule has 2 heterocycles. The van der Waals surface area contributed by atoms with Crippen LogP contribution in [-0.4, -0.2) is 32.0 Å². The lowest BCUT2D eigenvalue weighted by atomic mass is 10.0. The van der Waals surface area contributed by atoms with Gasteiger partial charge in [0.05, 0.1) is 18.0 Å². The van der Waals surface area contributed by atoms with E-state index in [9.17, 15) is 9.59 Å². The van der Waals surface area contributed by atoms with Gasteiger partial charge in [-0.1, -0.05) is 0 Å². The van der Waals surface area contributed by atoms with E-state index in [4.69, 9.17) is 0 Å². The Morgan fingerprint density at radius 3 is 2.83 bits per heavy atom. The van der Waals surface area contributed by atoms with Crippen LogP contribution in [0.3, 0.4) is 0 Å². The highest BCUT2D eigenvalue weighted by atomic mass is 16.2. The van der Waals surface area contributed by atoms with Crippen LogP contribution in [0, 0.1) is 5.92 Å². The smallest absolute Gasteiger partial charge is 0.239 e. The minimum atomic E-state index is -0.116. The Kier molecular flexibility index (Phi) is 2.56. The van der Waals surface area contributed by atoms with E-state index in [2.05, 4.69) is 10.6 Å². The molecule has 5 nitrogen and oxygen atoms in total. The quantitative estimate of drug-likeness (QED) is 0.739. The Balaban J connectivity index is 1.93. The fourth-order valence-corrected chi connectivity index (χ4v) is 2.36. The third-order valence-electron chi connectivity index (χ3n) is 3.55. The molecule has 0 aromatic heterocycles. The average molecular weight is 245 g/mol. The Bertz CT molecular complexity index is 523. The molecule has 1 aromatic carbocycles. The van der Waals surface area contributed by atoms with Gasteiger partial charge >= 0.3 is 0 Å². The Morgan fingerprint density at radius 2 is 2.22 bits per heavy atom. The average Bonchev–Trinajstić information content (AvgIpc) is 2.61. The minimum absolute atomic E-state index is 0.0520. The zero-order chi connectivity index (χ0) is 12.7. The summed E-state index contributed by atoms with van der Waals surface area (Å²) in [6.07, 6.45) is 0.316. The van der Waals surface area contributed by atoms with Gasteiger partial charge in [0.1, 0.15) is 0 Å². The molecule has 5 heteroatoms. The number of carbonyl (C=O) groups is 2. The molecule has 2 aliphatic rings. The number of benzene rings is 1. The highest BCUT2D eigenvalue weighted by Gasteiger charge is 2.38. The molecule has 18 heavy (non-hydrogen) atoms. The fourth-order valence-electron chi connectivity index (χ4n) is 2.36. The summed E-state index contributed by atoms with van der Waals surface area (Å²) in [5.41, 5.74) is 2.63. The zero-order valence-electron chi connectivity index (χ0n) is 10.2. The van der Waals surface area contributed by atoms with Gasteiger partial charge in [0.25, 0.3) is 0 Å². The van der Waals surface area contributed by atoms with Crippen molar-refractivity contribution < 1.29 is 9.59 Å². The van der Waals surface area contributed by atoms with Crippen LogP contribution in [0.15, 0.2) is 18.2 Å². The van der Waals surface area contributed by atoms with Gasteiger partial charge in [-0.2, -0.15) is 0 Å². The summed E-state index contributed by atoms with van der Waals surface area (Å²) >= 11 is 0. The molecule has 1 aromatic rings. The standard InChI is InChI=1S/C13H15N3O2/c1-14-10-2-3-11-8(4-10)5-12(17)16(11)13(18)9-6-15-7-9/h2-4,9,14-15H,5-7H2,1H3. The van der Waals surface area contributed by atoms with Gasteiger partial charge in [0, 0.05) is 25.8 Å². The van der Waals surface area contributed by atoms with E-state index in [0.717, 1.165) is 16.9 Å². The third-order valence-corrected chi connectivity index (χ3v) is 3.55. The molecular formula is C13H15N3O2. The van der Waals surface area contributed by atoms with E-state index in [1.54, 1.807) is 0 Å². The van der Waals surface area contributed by atoms with Crippen molar-refractivity contribution in [2.75, 3.05) is 30.4 Å². The highest BCUT2D eigenvalue weighted by Crippen LogP contribution is 2.32. The number of rotatable bonds is 2. The summed E-state index contributed by atoms with van der Waals surface area (Å²) in [5, 5.41) is 6.09. The summed E-state index contributed by atoms with van der Waals surface area (Å²) in [5.74, 6) is -0.242. The molecule has 2 aliphatic heterocycles. The molecule has 94 valence electrons. The molecule has 1 fully saturated rings. The predicted octanol–water partition coefficient (Wildman–Crippen LogP) is 0.363. The van der Waals surface area contributed by atoms with E-state index >= 15 is 0 Å². The van der Waals surface area contributed by atoms with E-state index in [1.807, 2.05) is 25.2 Å². The molecule has 0 bridgehead atoms. The first kappa shape index (κ1) is 11.2. The van der Waals surface area contributed by atoms with Crippen molar-refractivity contribution in [1.82, 2.24) is 5.32 Å². The number of amides is 2. The second kappa shape index (κ2) is 4.10. The Morgan fingerprint density at radius 1 is 1.44 bits per heavy atom. The van der Waals surface area contributed by atoms with Gasteiger partial charge < -0.3 is 10.6 Å². The van der Waals surface area contributed by atoms with Crippen LogP contribution < -0.4 is 15.5 Å². The first-order valence-electron chi connectivity index (χ1n) is 6.09. The predicted molar refractivity (Wildman–Crippen MR) is 68.5 cm³/mol. The lowest BCUT2D eigenvalue weighted by Gasteiger charge is -2.29. The van der Waals surface area contributed by atoms with Crippen LogP contribution in [0.5, 0.6) is 0 Å². The Hall–Kier alpha value is -1.88. The summed E-state index contributed by atoms with van der Waals surface area (Å²) in [7, 11) is 1.83. The maximum absolute atomic E-state index is 12.2. The molecule has 1 saturated heterocycles.